The van der Waals surface area contributed by atoms with Crippen molar-refractivity contribution in [2.24, 2.45) is 0 Å². The van der Waals surface area contributed by atoms with Crippen LogP contribution in [0.2, 0.25) is 10.2 Å². The first kappa shape index (κ1) is 10.4. The minimum atomic E-state index is 0.368. The summed E-state index contributed by atoms with van der Waals surface area (Å²) in [4.78, 5) is 7.14. The van der Waals surface area contributed by atoms with Crippen molar-refractivity contribution in [3.63, 3.8) is 0 Å². The Bertz CT molecular complexity index is 784. The van der Waals surface area contributed by atoms with Crippen molar-refractivity contribution in [1.29, 1.82) is 5.26 Å². The molecule has 0 bridgehead atoms. The molecule has 5 heteroatoms. The SMILES string of the molecule is N#Cc1cnc(Cl)c2c1[nH]c1c(Cl)cccc12. The Morgan fingerprint density at radius 2 is 2.06 bits per heavy atom. The molecule has 0 saturated heterocycles. The lowest BCUT2D eigenvalue weighted by Crippen LogP contribution is -1.82. The summed E-state index contributed by atoms with van der Waals surface area (Å²) in [5.74, 6) is 0. The lowest BCUT2D eigenvalue weighted by Gasteiger charge is -1.95. The molecule has 3 aromatic rings. The Kier molecular flexibility index (Phi) is 2.22. The number of nitrogens with one attached hydrogen (secondary N) is 1. The van der Waals surface area contributed by atoms with Crippen LogP contribution in [0.15, 0.2) is 24.4 Å². The van der Waals surface area contributed by atoms with E-state index >= 15 is 0 Å². The molecule has 1 N–H and O–H groups in total. The molecule has 0 aliphatic heterocycles. The van der Waals surface area contributed by atoms with E-state index in [2.05, 4.69) is 16.0 Å². The Balaban J connectivity index is 2.65. The van der Waals surface area contributed by atoms with Gasteiger partial charge in [0.25, 0.3) is 0 Å². The summed E-state index contributed by atoms with van der Waals surface area (Å²) < 4.78 is 0. The third-order valence-electron chi connectivity index (χ3n) is 2.69. The maximum Gasteiger partial charge on any atom is 0.139 e. The molecule has 2 heterocycles. The molecule has 0 fully saturated rings. The number of fused-ring (bicyclic) bond motifs is 3. The van der Waals surface area contributed by atoms with Gasteiger partial charge in [-0.3, -0.25) is 0 Å². The molecule has 82 valence electrons. The van der Waals surface area contributed by atoms with Crippen molar-refractivity contribution < 1.29 is 0 Å². The van der Waals surface area contributed by atoms with Crippen molar-refractivity contribution in [2.45, 2.75) is 0 Å². The van der Waals surface area contributed by atoms with Gasteiger partial charge in [0.2, 0.25) is 0 Å². The second kappa shape index (κ2) is 3.63. The standard InChI is InChI=1S/C12H5Cl2N3/c13-8-3-1-2-7-9-10(17-11(7)8)6(4-15)5-16-12(9)14/h1-3,5,17H. The number of rotatable bonds is 0. The summed E-state index contributed by atoms with van der Waals surface area (Å²) in [6.45, 7) is 0. The topological polar surface area (TPSA) is 52.5 Å². The van der Waals surface area contributed by atoms with E-state index in [1.807, 2.05) is 12.1 Å². The minimum Gasteiger partial charge on any atom is -0.352 e. The van der Waals surface area contributed by atoms with Crippen LogP contribution in [0.4, 0.5) is 0 Å². The quantitative estimate of drug-likeness (QED) is 0.625. The molecule has 0 aliphatic rings. The Morgan fingerprint density at radius 3 is 2.82 bits per heavy atom. The maximum absolute atomic E-state index is 9.03. The first-order valence-electron chi connectivity index (χ1n) is 4.87. The highest BCUT2D eigenvalue weighted by molar-refractivity contribution is 6.40. The molecule has 0 amide bonds. The van der Waals surface area contributed by atoms with Gasteiger partial charge in [-0.05, 0) is 6.07 Å². The largest absolute Gasteiger partial charge is 0.352 e. The van der Waals surface area contributed by atoms with Gasteiger partial charge in [-0.25, -0.2) is 4.98 Å². The van der Waals surface area contributed by atoms with Crippen LogP contribution in [0.3, 0.4) is 0 Å². The van der Waals surface area contributed by atoms with Crippen LogP contribution in [0.1, 0.15) is 5.56 Å². The Morgan fingerprint density at radius 1 is 1.24 bits per heavy atom. The molecular formula is C12H5Cl2N3. The number of pyridine rings is 1. The van der Waals surface area contributed by atoms with Crippen LogP contribution in [-0.2, 0) is 0 Å². The summed E-state index contributed by atoms with van der Waals surface area (Å²) in [6.07, 6.45) is 1.45. The second-order valence-electron chi connectivity index (χ2n) is 3.61. The van der Waals surface area contributed by atoms with Crippen molar-refractivity contribution in [2.75, 3.05) is 0 Å². The Labute approximate surface area is 107 Å². The van der Waals surface area contributed by atoms with Crippen molar-refractivity contribution in [3.05, 3.63) is 40.1 Å². The molecule has 0 spiro atoms. The van der Waals surface area contributed by atoms with E-state index in [1.165, 1.54) is 6.20 Å². The van der Waals surface area contributed by atoms with Crippen molar-refractivity contribution in [3.8, 4) is 6.07 Å². The lowest BCUT2D eigenvalue weighted by molar-refractivity contribution is 1.33. The predicted molar refractivity (Wildman–Crippen MR) is 68.3 cm³/mol. The first-order valence-corrected chi connectivity index (χ1v) is 5.62. The highest BCUT2D eigenvalue weighted by Crippen LogP contribution is 2.34. The van der Waals surface area contributed by atoms with Crippen LogP contribution in [0.5, 0.6) is 0 Å². The average Bonchev–Trinajstić information content (AvgIpc) is 2.71. The third-order valence-corrected chi connectivity index (χ3v) is 3.29. The predicted octanol–water partition coefficient (Wildman–Crippen LogP) is 3.89. The van der Waals surface area contributed by atoms with Gasteiger partial charge in [0, 0.05) is 17.0 Å². The van der Waals surface area contributed by atoms with E-state index in [0.29, 0.717) is 21.3 Å². The van der Waals surface area contributed by atoms with Gasteiger partial charge in [0.1, 0.15) is 11.2 Å². The molecule has 3 nitrogen and oxygen atoms in total. The van der Waals surface area contributed by atoms with Gasteiger partial charge in [-0.15, -0.1) is 0 Å². The fourth-order valence-corrected chi connectivity index (χ4v) is 2.40. The fraction of sp³-hybridized carbons (Fsp3) is 0. The number of halogens is 2. The zero-order valence-electron chi connectivity index (χ0n) is 8.46. The summed E-state index contributed by atoms with van der Waals surface area (Å²) in [6, 6.07) is 7.60. The zero-order chi connectivity index (χ0) is 12.0. The second-order valence-corrected chi connectivity index (χ2v) is 4.38. The van der Waals surface area contributed by atoms with Crippen molar-refractivity contribution >= 4 is 45.0 Å². The van der Waals surface area contributed by atoms with Crippen LogP contribution in [0.25, 0.3) is 21.8 Å². The lowest BCUT2D eigenvalue weighted by atomic mass is 10.1. The molecule has 0 aliphatic carbocycles. The van der Waals surface area contributed by atoms with E-state index in [-0.39, 0.29) is 0 Å². The molecule has 0 atom stereocenters. The molecule has 0 saturated carbocycles. The number of benzene rings is 1. The average molecular weight is 262 g/mol. The molecule has 17 heavy (non-hydrogen) atoms. The maximum atomic E-state index is 9.03. The summed E-state index contributed by atoms with van der Waals surface area (Å²) in [7, 11) is 0. The smallest absolute Gasteiger partial charge is 0.139 e. The van der Waals surface area contributed by atoms with E-state index in [0.717, 1.165) is 16.3 Å². The van der Waals surface area contributed by atoms with Crippen LogP contribution < -0.4 is 0 Å². The van der Waals surface area contributed by atoms with E-state index in [4.69, 9.17) is 28.5 Å². The van der Waals surface area contributed by atoms with Crippen LogP contribution in [0, 0.1) is 11.3 Å². The molecule has 0 radical (unpaired) electrons. The van der Waals surface area contributed by atoms with Crippen LogP contribution >= 0.6 is 23.2 Å². The van der Waals surface area contributed by atoms with Gasteiger partial charge in [-0.1, -0.05) is 35.3 Å². The van der Waals surface area contributed by atoms with Gasteiger partial charge in [0.15, 0.2) is 0 Å². The van der Waals surface area contributed by atoms with E-state index in [1.54, 1.807) is 6.07 Å². The Hall–Kier alpha value is -1.76. The van der Waals surface area contributed by atoms with E-state index < -0.39 is 0 Å². The number of hydrogen-bond donors (Lipinski definition) is 1. The zero-order valence-corrected chi connectivity index (χ0v) is 9.97. The normalized spacial score (nSPS) is 10.9. The number of aromatic nitrogens is 2. The molecular weight excluding hydrogens is 257 g/mol. The number of aromatic amines is 1. The van der Waals surface area contributed by atoms with Crippen molar-refractivity contribution in [1.82, 2.24) is 9.97 Å². The summed E-state index contributed by atoms with van der Waals surface area (Å²) in [5, 5.41) is 11.6. The highest BCUT2D eigenvalue weighted by atomic mass is 35.5. The molecule has 2 aromatic heterocycles. The van der Waals surface area contributed by atoms with Crippen LogP contribution in [-0.4, -0.2) is 9.97 Å². The molecule has 3 rings (SSSR count). The summed E-state index contributed by atoms with van der Waals surface area (Å²) >= 11 is 12.2. The molecule has 1 aromatic carbocycles. The third kappa shape index (κ3) is 1.39. The minimum absolute atomic E-state index is 0.368. The first-order chi connectivity index (χ1) is 8.22. The number of nitriles is 1. The fourth-order valence-electron chi connectivity index (χ4n) is 1.93. The molecule has 0 unspecified atom stereocenters. The monoisotopic (exact) mass is 261 g/mol. The van der Waals surface area contributed by atoms with E-state index in [9.17, 15) is 0 Å². The van der Waals surface area contributed by atoms with Gasteiger partial charge < -0.3 is 4.98 Å². The highest BCUT2D eigenvalue weighted by Gasteiger charge is 2.13. The van der Waals surface area contributed by atoms with Gasteiger partial charge in [-0.2, -0.15) is 5.26 Å². The number of hydrogen-bond acceptors (Lipinski definition) is 2. The summed E-state index contributed by atoms with van der Waals surface area (Å²) in [5.41, 5.74) is 1.91. The van der Waals surface area contributed by atoms with Gasteiger partial charge >= 0.3 is 0 Å². The van der Waals surface area contributed by atoms with Gasteiger partial charge in [0.05, 0.1) is 21.6 Å². The number of para-hydroxylation sites is 1. The number of H-pyrrole nitrogens is 1. The number of nitrogens with zero attached hydrogens (tertiary/aromatic N) is 2.